The fourth-order valence-corrected chi connectivity index (χ4v) is 2.49. The van der Waals surface area contributed by atoms with Crippen LogP contribution in [0.5, 0.6) is 0 Å². The maximum atomic E-state index is 11.1. The highest BCUT2D eigenvalue weighted by Crippen LogP contribution is 2.32. The van der Waals surface area contributed by atoms with E-state index in [0.717, 1.165) is 12.3 Å². The number of ether oxygens (including phenoxy) is 2. The predicted molar refractivity (Wildman–Crippen MR) is 65.1 cm³/mol. The molecule has 0 amide bonds. The van der Waals surface area contributed by atoms with Gasteiger partial charge in [0.05, 0.1) is 13.2 Å². The van der Waals surface area contributed by atoms with Gasteiger partial charge in [-0.2, -0.15) is 0 Å². The summed E-state index contributed by atoms with van der Waals surface area (Å²) in [6, 6.07) is 0. The van der Waals surface area contributed by atoms with Crippen LogP contribution < -0.4 is 0 Å². The molecule has 0 atom stereocenters. The molecule has 5 heteroatoms. The predicted octanol–water partition coefficient (Wildman–Crippen LogP) is 2.00. The topological polar surface area (TPSA) is 52.6 Å². The van der Waals surface area contributed by atoms with E-state index in [1.54, 1.807) is 13.8 Å². The van der Waals surface area contributed by atoms with Crippen molar-refractivity contribution < 1.29 is 19.1 Å². The third-order valence-electron chi connectivity index (χ3n) is 2.01. The maximum Gasteiger partial charge on any atom is 0.306 e. The van der Waals surface area contributed by atoms with E-state index in [4.69, 9.17) is 9.47 Å². The molecule has 0 heterocycles. The van der Waals surface area contributed by atoms with Crippen LogP contribution in [0.25, 0.3) is 0 Å². The third-order valence-corrected chi connectivity index (χ3v) is 3.98. The van der Waals surface area contributed by atoms with Crippen molar-refractivity contribution in [3.63, 3.8) is 0 Å². The van der Waals surface area contributed by atoms with Gasteiger partial charge in [-0.3, -0.25) is 9.59 Å². The minimum absolute atomic E-state index is 0.145. The molecule has 0 unspecified atom stereocenters. The second kappa shape index (κ2) is 9.59. The van der Waals surface area contributed by atoms with E-state index in [0.29, 0.717) is 26.1 Å². The van der Waals surface area contributed by atoms with E-state index < -0.39 is 0 Å². The molecule has 94 valence electrons. The Kier molecular flexibility index (Phi) is 9.21. The Labute approximate surface area is 98.4 Å². The van der Waals surface area contributed by atoms with Crippen LogP contribution >= 0.6 is 7.92 Å². The summed E-state index contributed by atoms with van der Waals surface area (Å²) in [7, 11) is -0.269. The molecule has 0 N–H and O–H groups in total. The van der Waals surface area contributed by atoms with E-state index in [1.807, 2.05) is 0 Å². The van der Waals surface area contributed by atoms with Gasteiger partial charge >= 0.3 is 11.9 Å². The fraction of sp³-hybridized carbons (Fsp3) is 0.818. The molecule has 0 aliphatic rings. The first kappa shape index (κ1) is 15.4. The third kappa shape index (κ3) is 8.66. The van der Waals surface area contributed by atoms with Crippen LogP contribution in [0.3, 0.4) is 0 Å². The average molecular weight is 248 g/mol. The number of carbonyl (C=O) groups excluding carboxylic acids is 2. The van der Waals surface area contributed by atoms with Gasteiger partial charge in [-0.15, -0.1) is 7.92 Å². The second-order valence-corrected chi connectivity index (χ2v) is 6.02. The minimum atomic E-state index is -0.269. The van der Waals surface area contributed by atoms with E-state index in [2.05, 4.69) is 6.66 Å². The SMILES string of the molecule is CCOC(=O)CCP(C)CCC(=O)OCC. The molecule has 0 saturated heterocycles. The molecule has 0 saturated carbocycles. The van der Waals surface area contributed by atoms with Gasteiger partial charge < -0.3 is 9.47 Å². The summed E-state index contributed by atoms with van der Waals surface area (Å²) in [6.07, 6.45) is 2.57. The maximum absolute atomic E-state index is 11.1. The summed E-state index contributed by atoms with van der Waals surface area (Å²) in [5.74, 6) is -0.291. The molecule has 0 aromatic carbocycles. The molecule has 0 radical (unpaired) electrons. The molecule has 0 aromatic rings. The Bertz CT molecular complexity index is 196. The minimum Gasteiger partial charge on any atom is -0.466 e. The highest BCUT2D eigenvalue weighted by Gasteiger charge is 2.09. The molecule has 0 aliphatic heterocycles. The van der Waals surface area contributed by atoms with Gasteiger partial charge in [-0.25, -0.2) is 0 Å². The Morgan fingerprint density at radius 3 is 1.62 bits per heavy atom. The molecular formula is C11H21O4P. The lowest BCUT2D eigenvalue weighted by atomic mass is 10.5. The quantitative estimate of drug-likeness (QED) is 0.487. The largest absolute Gasteiger partial charge is 0.466 e. The summed E-state index contributed by atoms with van der Waals surface area (Å²) in [4.78, 5) is 22.2. The first-order valence-corrected chi connectivity index (χ1v) is 7.75. The van der Waals surface area contributed by atoms with Gasteiger partial charge in [0.15, 0.2) is 0 Å². The van der Waals surface area contributed by atoms with Crippen LogP contribution in [0.1, 0.15) is 26.7 Å². The molecule has 0 bridgehead atoms. The van der Waals surface area contributed by atoms with Gasteiger partial charge in [0.25, 0.3) is 0 Å². The zero-order valence-corrected chi connectivity index (χ0v) is 11.2. The summed E-state index contributed by atoms with van der Waals surface area (Å²) in [6.45, 7) is 6.56. The highest BCUT2D eigenvalue weighted by atomic mass is 31.1. The van der Waals surface area contributed by atoms with Crippen LogP contribution in [0.15, 0.2) is 0 Å². The fourth-order valence-electron chi connectivity index (χ4n) is 1.14. The van der Waals surface area contributed by atoms with Gasteiger partial charge in [-0.1, -0.05) is 0 Å². The number of hydrogen-bond acceptors (Lipinski definition) is 4. The van der Waals surface area contributed by atoms with Gasteiger partial charge in [0.2, 0.25) is 0 Å². The van der Waals surface area contributed by atoms with Crippen molar-refractivity contribution in [2.45, 2.75) is 26.7 Å². The molecular weight excluding hydrogens is 227 g/mol. The van der Waals surface area contributed by atoms with Crippen molar-refractivity contribution >= 4 is 19.9 Å². The Morgan fingerprint density at radius 1 is 0.938 bits per heavy atom. The molecule has 0 aliphatic carbocycles. The van der Waals surface area contributed by atoms with E-state index in [-0.39, 0.29) is 19.9 Å². The molecule has 0 fully saturated rings. The Morgan fingerprint density at radius 2 is 1.31 bits per heavy atom. The normalized spacial score (nSPS) is 10.2. The van der Waals surface area contributed by atoms with Crippen molar-refractivity contribution in [3.05, 3.63) is 0 Å². The molecule has 16 heavy (non-hydrogen) atoms. The number of carbonyl (C=O) groups is 2. The van der Waals surface area contributed by atoms with Crippen molar-refractivity contribution in [2.24, 2.45) is 0 Å². The van der Waals surface area contributed by atoms with E-state index in [1.165, 1.54) is 0 Å². The summed E-state index contributed by atoms with van der Waals surface area (Å²) in [5.41, 5.74) is 0. The first-order chi connectivity index (χ1) is 7.60. The highest BCUT2D eigenvalue weighted by molar-refractivity contribution is 7.56. The molecule has 0 spiro atoms. The van der Waals surface area contributed by atoms with Crippen LogP contribution in [-0.2, 0) is 19.1 Å². The van der Waals surface area contributed by atoms with E-state index >= 15 is 0 Å². The molecule has 0 rings (SSSR count). The van der Waals surface area contributed by atoms with Crippen LogP contribution in [0.2, 0.25) is 0 Å². The van der Waals surface area contributed by atoms with Crippen molar-refractivity contribution in [2.75, 3.05) is 32.2 Å². The summed E-state index contributed by atoms with van der Waals surface area (Å²) >= 11 is 0. The number of rotatable bonds is 8. The number of hydrogen-bond donors (Lipinski definition) is 0. The Balaban J connectivity index is 3.54. The smallest absolute Gasteiger partial charge is 0.306 e. The van der Waals surface area contributed by atoms with Gasteiger partial charge in [0.1, 0.15) is 0 Å². The summed E-state index contributed by atoms with van der Waals surface area (Å²) in [5, 5.41) is 0. The monoisotopic (exact) mass is 248 g/mol. The standard InChI is InChI=1S/C11H21O4P/c1-4-14-10(12)6-8-16(3)9-7-11(13)15-5-2/h4-9H2,1-3H3. The van der Waals surface area contributed by atoms with E-state index in [9.17, 15) is 9.59 Å². The summed E-state index contributed by atoms with van der Waals surface area (Å²) < 4.78 is 9.67. The average Bonchev–Trinajstić information content (AvgIpc) is 2.24. The number of esters is 2. The zero-order valence-electron chi connectivity index (χ0n) is 10.3. The van der Waals surface area contributed by atoms with Gasteiger partial charge in [-0.05, 0) is 32.8 Å². The van der Waals surface area contributed by atoms with Crippen molar-refractivity contribution in [1.82, 2.24) is 0 Å². The van der Waals surface area contributed by atoms with Crippen LogP contribution in [0, 0.1) is 0 Å². The molecule has 4 nitrogen and oxygen atoms in total. The van der Waals surface area contributed by atoms with Gasteiger partial charge in [0, 0.05) is 12.8 Å². The zero-order chi connectivity index (χ0) is 12.4. The lowest BCUT2D eigenvalue weighted by Crippen LogP contribution is -2.08. The second-order valence-electron chi connectivity index (χ2n) is 3.41. The van der Waals surface area contributed by atoms with Crippen molar-refractivity contribution in [3.8, 4) is 0 Å². The first-order valence-electron chi connectivity index (χ1n) is 5.59. The Hall–Kier alpha value is -0.630. The lowest BCUT2D eigenvalue weighted by Gasteiger charge is -2.10. The lowest BCUT2D eigenvalue weighted by molar-refractivity contribution is -0.143. The van der Waals surface area contributed by atoms with Crippen LogP contribution in [0.4, 0.5) is 0 Å². The van der Waals surface area contributed by atoms with Crippen molar-refractivity contribution in [1.29, 1.82) is 0 Å². The molecule has 0 aromatic heterocycles. The van der Waals surface area contributed by atoms with Crippen LogP contribution in [-0.4, -0.2) is 44.1 Å².